The van der Waals surface area contributed by atoms with Crippen LogP contribution in [-0.4, -0.2) is 9.61 Å². The highest BCUT2D eigenvalue weighted by molar-refractivity contribution is 5.62. The normalized spacial score (nSPS) is 11.3. The van der Waals surface area contributed by atoms with E-state index in [1.54, 1.807) is 0 Å². The number of fused-ring (bicyclic) bond motifs is 1. The van der Waals surface area contributed by atoms with E-state index in [2.05, 4.69) is 54.8 Å². The first-order chi connectivity index (χ1) is 10.7. The highest BCUT2D eigenvalue weighted by Crippen LogP contribution is 2.18. The molecule has 7 nitrogen and oxygen atoms in total. The molecule has 0 N–H and O–H groups in total. The zero-order valence-electron chi connectivity index (χ0n) is 12.9. The van der Waals surface area contributed by atoms with E-state index in [4.69, 9.17) is 18.6 Å². The molecule has 0 amide bonds. The molecule has 0 aliphatic heterocycles. The number of aromatic nitrogens is 3. The van der Waals surface area contributed by atoms with E-state index in [9.17, 15) is 0 Å². The van der Waals surface area contributed by atoms with Crippen LogP contribution in [0.4, 0.5) is 0 Å². The predicted molar refractivity (Wildman–Crippen MR) is 71.3 cm³/mol. The van der Waals surface area contributed by atoms with Gasteiger partial charge in [-0.1, -0.05) is 35.4 Å². The van der Waals surface area contributed by atoms with Gasteiger partial charge in [0.2, 0.25) is 0 Å². The van der Waals surface area contributed by atoms with Gasteiger partial charge in [0, 0.05) is 18.6 Å². The first kappa shape index (κ1) is 17.3. The SMILES string of the molecule is Cc1cc(C)[n+](C)c2cc(-c3ccccc3)nn12.[O-][Cl+3]([O-])([O-])[O-]. The highest BCUT2D eigenvalue weighted by Gasteiger charge is 2.16. The Morgan fingerprint density at radius 2 is 1.57 bits per heavy atom. The Hall–Kier alpha value is -2.03. The van der Waals surface area contributed by atoms with Gasteiger partial charge in [0.25, 0.3) is 0 Å². The molecule has 0 atom stereocenters. The molecule has 0 saturated carbocycles. The molecule has 23 heavy (non-hydrogen) atoms. The molecule has 0 aliphatic carbocycles. The maximum Gasteiger partial charge on any atom is 0.309 e. The summed E-state index contributed by atoms with van der Waals surface area (Å²) in [5.74, 6) is 0. The van der Waals surface area contributed by atoms with E-state index in [1.165, 1.54) is 5.69 Å². The summed E-state index contributed by atoms with van der Waals surface area (Å²) in [6.45, 7) is 4.20. The summed E-state index contributed by atoms with van der Waals surface area (Å²) in [6.07, 6.45) is 0. The lowest BCUT2D eigenvalue weighted by Crippen LogP contribution is -2.68. The average molecular weight is 338 g/mol. The average Bonchev–Trinajstić information content (AvgIpc) is 2.90. The molecule has 0 bridgehead atoms. The Morgan fingerprint density at radius 3 is 2.13 bits per heavy atom. The van der Waals surface area contributed by atoms with Gasteiger partial charge in [0.15, 0.2) is 0 Å². The van der Waals surface area contributed by atoms with E-state index in [1.807, 2.05) is 22.7 Å². The zero-order chi connectivity index (χ0) is 17.2. The molecule has 0 saturated heterocycles. The summed E-state index contributed by atoms with van der Waals surface area (Å²) >= 11 is 0. The lowest BCUT2D eigenvalue weighted by molar-refractivity contribution is -2.00. The van der Waals surface area contributed by atoms with Crippen molar-refractivity contribution < 1.29 is 33.4 Å². The standard InChI is InChI=1S/C15H16N3.ClHO4/c1-11-9-12(2)18-15(17(11)3)10-14(16-18)13-7-5-4-6-8-13;2-1(3,4)5/h4-10H,1-3H3;(H,2,3,4,5)/q+1;/p-1. The summed E-state index contributed by atoms with van der Waals surface area (Å²) in [7, 11) is -2.87. The fourth-order valence-corrected chi connectivity index (χ4v) is 2.26. The summed E-state index contributed by atoms with van der Waals surface area (Å²) in [5.41, 5.74) is 5.67. The van der Waals surface area contributed by atoms with Gasteiger partial charge in [0.05, 0.1) is 13.1 Å². The summed E-state index contributed by atoms with van der Waals surface area (Å²) in [6, 6.07) is 14.6. The Balaban J connectivity index is 0.000000338. The van der Waals surface area contributed by atoms with Crippen LogP contribution in [0.15, 0.2) is 42.5 Å². The van der Waals surface area contributed by atoms with Crippen molar-refractivity contribution in [1.82, 2.24) is 9.61 Å². The second-order valence-corrected chi connectivity index (χ2v) is 5.79. The Kier molecular flexibility index (Phi) is 4.98. The Bertz CT molecular complexity index is 807. The first-order valence-corrected chi connectivity index (χ1v) is 7.93. The van der Waals surface area contributed by atoms with Crippen LogP contribution in [0, 0.1) is 24.1 Å². The predicted octanol–water partition coefficient (Wildman–Crippen LogP) is -2.31. The Morgan fingerprint density at radius 1 is 1.00 bits per heavy atom. The third-order valence-electron chi connectivity index (χ3n) is 3.38. The molecule has 0 radical (unpaired) electrons. The largest absolute Gasteiger partial charge is 0.309 e. The third-order valence-corrected chi connectivity index (χ3v) is 3.38. The summed E-state index contributed by atoms with van der Waals surface area (Å²) < 4.78 is 38.1. The molecule has 0 unspecified atom stereocenters. The van der Waals surface area contributed by atoms with Crippen LogP contribution in [0.2, 0.25) is 0 Å². The number of hydrogen-bond acceptors (Lipinski definition) is 5. The van der Waals surface area contributed by atoms with Gasteiger partial charge in [-0.15, -0.1) is 14.8 Å². The van der Waals surface area contributed by atoms with Gasteiger partial charge >= 0.3 is 5.65 Å². The third kappa shape index (κ3) is 4.47. The fraction of sp³-hybridized carbons (Fsp3) is 0.200. The molecule has 2 heterocycles. The molecule has 3 aromatic rings. The number of aryl methyl sites for hydroxylation is 3. The van der Waals surface area contributed by atoms with Crippen LogP contribution in [-0.2, 0) is 7.05 Å². The van der Waals surface area contributed by atoms with Crippen molar-refractivity contribution in [3.8, 4) is 11.3 Å². The lowest BCUT2D eigenvalue weighted by atomic mass is 10.2. The quantitative estimate of drug-likeness (QED) is 0.463. The molecular weight excluding hydrogens is 322 g/mol. The van der Waals surface area contributed by atoms with E-state index >= 15 is 0 Å². The molecule has 2 aromatic heterocycles. The minimum Gasteiger partial charge on any atom is -0.232 e. The van der Waals surface area contributed by atoms with E-state index < -0.39 is 10.2 Å². The number of halogens is 1. The Labute approximate surface area is 135 Å². The minimum atomic E-state index is -4.94. The summed E-state index contributed by atoms with van der Waals surface area (Å²) in [5, 5.41) is 4.68. The molecule has 0 spiro atoms. The van der Waals surface area contributed by atoms with E-state index in [0.29, 0.717) is 0 Å². The van der Waals surface area contributed by atoms with Crippen molar-refractivity contribution in [2.45, 2.75) is 13.8 Å². The topological polar surface area (TPSA) is 113 Å². The van der Waals surface area contributed by atoms with Crippen LogP contribution in [0.25, 0.3) is 16.9 Å². The number of rotatable bonds is 1. The van der Waals surface area contributed by atoms with Crippen molar-refractivity contribution in [2.24, 2.45) is 7.05 Å². The van der Waals surface area contributed by atoms with Gasteiger partial charge in [-0.3, -0.25) is 0 Å². The molecule has 0 fully saturated rings. The van der Waals surface area contributed by atoms with E-state index in [0.717, 1.165) is 22.6 Å². The van der Waals surface area contributed by atoms with Gasteiger partial charge in [-0.2, -0.15) is 0 Å². The molecule has 8 heteroatoms. The monoisotopic (exact) mass is 337 g/mol. The van der Waals surface area contributed by atoms with Gasteiger partial charge in [-0.25, -0.2) is 23.2 Å². The van der Waals surface area contributed by atoms with Crippen molar-refractivity contribution >= 4 is 5.65 Å². The highest BCUT2D eigenvalue weighted by atomic mass is 35.7. The van der Waals surface area contributed by atoms with Crippen molar-refractivity contribution in [3.63, 3.8) is 0 Å². The first-order valence-electron chi connectivity index (χ1n) is 6.70. The number of benzene rings is 1. The maximum absolute atomic E-state index is 8.49. The van der Waals surface area contributed by atoms with Gasteiger partial charge < -0.3 is 0 Å². The molecule has 0 aliphatic rings. The van der Waals surface area contributed by atoms with E-state index in [-0.39, 0.29) is 0 Å². The van der Waals surface area contributed by atoms with Crippen LogP contribution in [0.5, 0.6) is 0 Å². The van der Waals surface area contributed by atoms with Crippen LogP contribution >= 0.6 is 0 Å². The molecule has 3 rings (SSSR count). The second-order valence-electron chi connectivity index (χ2n) is 5.03. The number of hydrogen-bond donors (Lipinski definition) is 0. The second kappa shape index (κ2) is 6.61. The van der Waals surface area contributed by atoms with Crippen molar-refractivity contribution in [2.75, 3.05) is 0 Å². The fourth-order valence-electron chi connectivity index (χ4n) is 2.26. The smallest absolute Gasteiger partial charge is 0.232 e. The minimum absolute atomic E-state index is 1.01. The molecule has 122 valence electrons. The van der Waals surface area contributed by atoms with Gasteiger partial charge in [0.1, 0.15) is 17.1 Å². The van der Waals surface area contributed by atoms with Crippen molar-refractivity contribution in [3.05, 3.63) is 53.9 Å². The van der Waals surface area contributed by atoms with Crippen LogP contribution in [0.1, 0.15) is 11.4 Å². The number of nitrogens with zero attached hydrogens (tertiary/aromatic N) is 3. The van der Waals surface area contributed by atoms with Crippen LogP contribution in [0.3, 0.4) is 0 Å². The van der Waals surface area contributed by atoms with Gasteiger partial charge in [-0.05, 0) is 6.92 Å². The zero-order valence-corrected chi connectivity index (χ0v) is 13.6. The van der Waals surface area contributed by atoms with Crippen LogP contribution < -0.4 is 23.2 Å². The summed E-state index contributed by atoms with van der Waals surface area (Å²) in [4.78, 5) is 0. The maximum atomic E-state index is 8.49. The molecule has 1 aromatic carbocycles. The molecular formula is C15H16ClN3O4. The van der Waals surface area contributed by atoms with Crippen molar-refractivity contribution in [1.29, 1.82) is 0 Å². The lowest BCUT2D eigenvalue weighted by Gasteiger charge is -2.17.